The van der Waals surface area contributed by atoms with E-state index in [-0.39, 0.29) is 11.2 Å². The van der Waals surface area contributed by atoms with Gasteiger partial charge in [0.15, 0.2) is 0 Å². The Morgan fingerprint density at radius 1 is 0.923 bits per heavy atom. The van der Waals surface area contributed by atoms with Gasteiger partial charge in [0, 0.05) is 10.7 Å². The second-order valence-electron chi connectivity index (χ2n) is 6.02. The van der Waals surface area contributed by atoms with Crippen molar-refractivity contribution >= 4 is 35.0 Å². The molecule has 0 spiro atoms. The summed E-state index contributed by atoms with van der Waals surface area (Å²) >= 11 is 7.64. The molecular weight excluding hydrogens is 362 g/mol. The maximum Gasteiger partial charge on any atom is 0.234 e. The minimum atomic E-state index is -0.000746. The highest BCUT2D eigenvalue weighted by atomic mass is 35.5. The Morgan fingerprint density at radius 2 is 1.54 bits per heavy atom. The van der Waals surface area contributed by atoms with Crippen LogP contribution in [-0.2, 0) is 4.79 Å². The van der Waals surface area contributed by atoms with Gasteiger partial charge in [-0.3, -0.25) is 4.79 Å². The van der Waals surface area contributed by atoms with Crippen LogP contribution in [0.25, 0.3) is 0 Å². The van der Waals surface area contributed by atoms with Crippen LogP contribution in [0, 0.1) is 6.92 Å². The van der Waals surface area contributed by atoms with Gasteiger partial charge in [-0.05, 0) is 41.8 Å². The molecule has 0 unspecified atom stereocenters. The molecule has 132 valence electrons. The number of amides is 1. The molecule has 4 heteroatoms. The van der Waals surface area contributed by atoms with Crippen molar-refractivity contribution in [3.05, 3.63) is 101 Å². The van der Waals surface area contributed by atoms with Crippen LogP contribution < -0.4 is 5.32 Å². The van der Waals surface area contributed by atoms with E-state index in [9.17, 15) is 4.79 Å². The number of hydrogen-bond acceptors (Lipinski definition) is 2. The first-order valence-electron chi connectivity index (χ1n) is 8.41. The Morgan fingerprint density at radius 3 is 2.23 bits per heavy atom. The largest absolute Gasteiger partial charge is 0.325 e. The summed E-state index contributed by atoms with van der Waals surface area (Å²) in [7, 11) is 0. The Labute approximate surface area is 163 Å². The summed E-state index contributed by atoms with van der Waals surface area (Å²) in [6.45, 7) is 1.99. The summed E-state index contributed by atoms with van der Waals surface area (Å²) in [5.41, 5.74) is 4.22. The van der Waals surface area contributed by atoms with Crippen molar-refractivity contribution in [1.29, 1.82) is 0 Å². The molecule has 0 saturated carbocycles. The zero-order chi connectivity index (χ0) is 18.4. The van der Waals surface area contributed by atoms with E-state index in [4.69, 9.17) is 11.6 Å². The zero-order valence-corrected chi connectivity index (χ0v) is 16.1. The van der Waals surface area contributed by atoms with Crippen molar-refractivity contribution in [3.8, 4) is 0 Å². The molecule has 3 aromatic rings. The van der Waals surface area contributed by atoms with Crippen molar-refractivity contribution in [1.82, 2.24) is 0 Å². The van der Waals surface area contributed by atoms with E-state index in [0.29, 0.717) is 10.8 Å². The molecule has 1 amide bonds. The van der Waals surface area contributed by atoms with E-state index in [1.54, 1.807) is 11.8 Å². The van der Waals surface area contributed by atoms with Gasteiger partial charge in [0.2, 0.25) is 5.91 Å². The van der Waals surface area contributed by atoms with Gasteiger partial charge in [-0.15, -0.1) is 11.8 Å². The summed E-state index contributed by atoms with van der Waals surface area (Å²) in [4.78, 5) is 12.4. The number of para-hydroxylation sites is 1. The third-order valence-corrected chi connectivity index (χ3v) is 5.63. The van der Waals surface area contributed by atoms with Crippen molar-refractivity contribution in [3.63, 3.8) is 0 Å². The number of benzene rings is 3. The van der Waals surface area contributed by atoms with Crippen molar-refractivity contribution in [2.24, 2.45) is 0 Å². The minimum absolute atomic E-state index is 0.000746. The second-order valence-corrected chi connectivity index (χ2v) is 7.55. The van der Waals surface area contributed by atoms with E-state index < -0.39 is 0 Å². The molecule has 26 heavy (non-hydrogen) atoms. The molecule has 3 rings (SSSR count). The first-order chi connectivity index (χ1) is 12.6. The van der Waals surface area contributed by atoms with Crippen LogP contribution in [-0.4, -0.2) is 11.7 Å². The maximum absolute atomic E-state index is 12.4. The lowest BCUT2D eigenvalue weighted by atomic mass is 10.0. The molecule has 0 aliphatic rings. The van der Waals surface area contributed by atoms with E-state index in [0.717, 1.165) is 16.8 Å². The molecule has 0 bridgehead atoms. The predicted molar refractivity (Wildman–Crippen MR) is 112 cm³/mol. The molecule has 1 atom stereocenters. The monoisotopic (exact) mass is 381 g/mol. The highest BCUT2D eigenvalue weighted by molar-refractivity contribution is 8.00. The Kier molecular flexibility index (Phi) is 6.37. The number of thioether (sulfide) groups is 1. The summed E-state index contributed by atoms with van der Waals surface area (Å²) in [5, 5.41) is 3.79. The summed E-state index contributed by atoms with van der Waals surface area (Å²) < 4.78 is 0. The smallest absolute Gasteiger partial charge is 0.234 e. The Bertz CT molecular complexity index is 865. The second kappa shape index (κ2) is 8.93. The average Bonchev–Trinajstić information content (AvgIpc) is 2.66. The Hall–Kier alpha value is -2.23. The van der Waals surface area contributed by atoms with Crippen LogP contribution in [0.2, 0.25) is 5.02 Å². The first-order valence-corrected chi connectivity index (χ1v) is 9.83. The van der Waals surface area contributed by atoms with E-state index in [1.165, 1.54) is 5.56 Å². The summed E-state index contributed by atoms with van der Waals surface area (Å²) in [6.07, 6.45) is 0. The number of aryl methyl sites for hydroxylation is 1. The molecular formula is C22H20ClNOS. The fourth-order valence-electron chi connectivity index (χ4n) is 2.71. The highest BCUT2D eigenvalue weighted by Crippen LogP contribution is 2.36. The van der Waals surface area contributed by atoms with E-state index >= 15 is 0 Å². The van der Waals surface area contributed by atoms with E-state index in [1.807, 2.05) is 73.7 Å². The number of nitrogens with one attached hydrogen (secondary N) is 1. The van der Waals surface area contributed by atoms with Gasteiger partial charge < -0.3 is 5.32 Å². The van der Waals surface area contributed by atoms with E-state index in [2.05, 4.69) is 17.4 Å². The van der Waals surface area contributed by atoms with Crippen LogP contribution in [0.3, 0.4) is 0 Å². The number of hydrogen-bond donors (Lipinski definition) is 1. The van der Waals surface area contributed by atoms with Crippen molar-refractivity contribution < 1.29 is 4.79 Å². The average molecular weight is 382 g/mol. The topological polar surface area (TPSA) is 29.1 Å². The molecule has 0 saturated heterocycles. The third-order valence-electron chi connectivity index (χ3n) is 4.08. The van der Waals surface area contributed by atoms with Crippen LogP contribution in [0.4, 0.5) is 5.69 Å². The molecule has 2 nitrogen and oxygen atoms in total. The van der Waals surface area contributed by atoms with Gasteiger partial charge in [0.25, 0.3) is 0 Å². The molecule has 0 fully saturated rings. The predicted octanol–water partition coefficient (Wildman–Crippen LogP) is 6.11. The van der Waals surface area contributed by atoms with Gasteiger partial charge in [0.05, 0.1) is 11.0 Å². The molecule has 0 heterocycles. The Balaban J connectivity index is 1.73. The van der Waals surface area contributed by atoms with Crippen LogP contribution in [0.15, 0.2) is 78.9 Å². The number of halogens is 1. The molecule has 0 aliphatic carbocycles. The fraction of sp³-hybridized carbons (Fsp3) is 0.136. The number of rotatable bonds is 6. The van der Waals surface area contributed by atoms with Crippen molar-refractivity contribution in [2.75, 3.05) is 11.1 Å². The number of anilines is 1. The zero-order valence-electron chi connectivity index (χ0n) is 14.5. The van der Waals surface area contributed by atoms with Gasteiger partial charge in [-0.25, -0.2) is 0 Å². The fourth-order valence-corrected chi connectivity index (χ4v) is 3.92. The maximum atomic E-state index is 12.4. The quantitative estimate of drug-likeness (QED) is 0.558. The van der Waals surface area contributed by atoms with Crippen LogP contribution in [0.1, 0.15) is 21.9 Å². The van der Waals surface area contributed by atoms with Gasteiger partial charge in [-0.2, -0.15) is 0 Å². The molecule has 3 aromatic carbocycles. The summed E-state index contributed by atoms with van der Waals surface area (Å²) in [6, 6.07) is 25.8. The van der Waals surface area contributed by atoms with Crippen LogP contribution in [0.5, 0.6) is 0 Å². The minimum Gasteiger partial charge on any atom is -0.325 e. The number of carbonyl (C=O) groups excluding carboxylic acids is 1. The van der Waals surface area contributed by atoms with Crippen molar-refractivity contribution in [2.45, 2.75) is 12.2 Å². The van der Waals surface area contributed by atoms with Gasteiger partial charge >= 0.3 is 0 Å². The SMILES string of the molecule is Cc1ccccc1NC(=O)CS[C@H](c1ccccc1)c1ccc(Cl)cc1. The lowest BCUT2D eigenvalue weighted by molar-refractivity contribution is -0.113. The normalized spacial score (nSPS) is 11.8. The molecule has 0 radical (unpaired) electrons. The molecule has 0 aromatic heterocycles. The number of carbonyl (C=O) groups is 1. The molecule has 1 N–H and O–H groups in total. The third kappa shape index (κ3) is 4.90. The van der Waals surface area contributed by atoms with Gasteiger partial charge in [0.1, 0.15) is 0 Å². The summed E-state index contributed by atoms with van der Waals surface area (Å²) in [5.74, 6) is 0.371. The standard InChI is InChI=1S/C22H20ClNOS/c1-16-7-5-6-10-20(16)24-21(25)15-26-22(17-8-3-2-4-9-17)18-11-13-19(23)14-12-18/h2-14,22H,15H2,1H3,(H,24,25)/t22-/m1/s1. The lowest BCUT2D eigenvalue weighted by Gasteiger charge is -2.18. The first kappa shape index (κ1) is 18.6. The van der Waals surface area contributed by atoms with Gasteiger partial charge in [-0.1, -0.05) is 72.3 Å². The molecule has 0 aliphatic heterocycles. The lowest BCUT2D eigenvalue weighted by Crippen LogP contribution is -2.16. The highest BCUT2D eigenvalue weighted by Gasteiger charge is 2.16. The van der Waals surface area contributed by atoms with Crippen LogP contribution >= 0.6 is 23.4 Å².